The molecule has 0 amide bonds. The van der Waals surface area contributed by atoms with Gasteiger partial charge in [-0.1, -0.05) is 44.0 Å². The van der Waals surface area contributed by atoms with Gasteiger partial charge >= 0.3 is 0 Å². The smallest absolute Gasteiger partial charge is 0.128 e. The van der Waals surface area contributed by atoms with Crippen LogP contribution in [0.3, 0.4) is 0 Å². The van der Waals surface area contributed by atoms with Crippen LogP contribution in [-0.4, -0.2) is 0 Å². The summed E-state index contributed by atoms with van der Waals surface area (Å²) in [5, 5.41) is 0. The number of halogens is 4. The van der Waals surface area contributed by atoms with E-state index in [-0.39, 0.29) is 16.5 Å². The third kappa shape index (κ3) is 3.63. The van der Waals surface area contributed by atoms with Crippen molar-refractivity contribution in [2.45, 2.75) is 18.2 Å². The van der Waals surface area contributed by atoms with E-state index in [0.29, 0.717) is 17.5 Å². The lowest BCUT2D eigenvalue weighted by Crippen LogP contribution is -2.01. The van der Waals surface area contributed by atoms with E-state index in [1.165, 1.54) is 12.1 Å². The largest absolute Gasteiger partial charge is 0.207 e. The molecule has 0 radical (unpaired) electrons. The van der Waals surface area contributed by atoms with E-state index in [0.717, 1.165) is 10.0 Å². The first-order valence-electron chi connectivity index (χ1n) is 5.81. The van der Waals surface area contributed by atoms with Crippen LogP contribution in [0, 0.1) is 18.6 Å². The predicted molar refractivity (Wildman–Crippen MR) is 80.6 cm³/mol. The van der Waals surface area contributed by atoms with Crippen molar-refractivity contribution in [2.24, 2.45) is 0 Å². The van der Waals surface area contributed by atoms with Gasteiger partial charge in [-0.15, -0.1) is 0 Å². The van der Waals surface area contributed by atoms with Crippen LogP contribution in [0.15, 0.2) is 40.9 Å². The molecule has 0 aliphatic rings. The van der Waals surface area contributed by atoms with Crippen molar-refractivity contribution in [1.82, 2.24) is 0 Å². The Hall–Kier alpha value is -0.740. The Bertz CT molecular complexity index is 579. The summed E-state index contributed by atoms with van der Waals surface area (Å²) in [6, 6.07) is 10.3. The average molecular weight is 390 g/mol. The lowest BCUT2D eigenvalue weighted by Gasteiger charge is -2.12. The van der Waals surface area contributed by atoms with Gasteiger partial charge in [0.05, 0.1) is 0 Å². The normalized spacial score (nSPS) is 12.5. The van der Waals surface area contributed by atoms with Crippen LogP contribution >= 0.6 is 31.9 Å². The minimum atomic E-state index is -0.378. The van der Waals surface area contributed by atoms with Crippen LogP contribution in [0.4, 0.5) is 8.78 Å². The minimum absolute atomic E-state index is 0.247. The van der Waals surface area contributed by atoms with Crippen LogP contribution in [0.2, 0.25) is 0 Å². The maximum atomic E-state index is 13.8. The maximum absolute atomic E-state index is 13.8. The second kappa shape index (κ2) is 6.14. The van der Waals surface area contributed by atoms with Gasteiger partial charge in [0.15, 0.2) is 0 Å². The molecule has 1 unspecified atom stereocenters. The van der Waals surface area contributed by atoms with Crippen LogP contribution < -0.4 is 0 Å². The predicted octanol–water partition coefficient (Wildman–Crippen LogP) is 5.71. The number of benzene rings is 2. The lowest BCUT2D eigenvalue weighted by atomic mass is 10.0. The number of hydrogen-bond acceptors (Lipinski definition) is 0. The maximum Gasteiger partial charge on any atom is 0.128 e. The minimum Gasteiger partial charge on any atom is -0.207 e. The number of aryl methyl sites for hydroxylation is 1. The van der Waals surface area contributed by atoms with Gasteiger partial charge in [0.25, 0.3) is 0 Å². The highest BCUT2D eigenvalue weighted by molar-refractivity contribution is 9.10. The molecule has 0 N–H and O–H groups in total. The molecule has 0 spiro atoms. The molecule has 1 atom stereocenters. The highest BCUT2D eigenvalue weighted by Gasteiger charge is 2.15. The monoisotopic (exact) mass is 388 g/mol. The van der Waals surface area contributed by atoms with Crippen molar-refractivity contribution >= 4 is 31.9 Å². The van der Waals surface area contributed by atoms with Gasteiger partial charge in [0.1, 0.15) is 11.6 Å². The van der Waals surface area contributed by atoms with E-state index in [2.05, 4.69) is 31.9 Å². The zero-order valence-corrected chi connectivity index (χ0v) is 13.4. The Kier molecular flexibility index (Phi) is 4.74. The molecule has 0 saturated heterocycles. The Balaban J connectivity index is 2.22. The van der Waals surface area contributed by atoms with Gasteiger partial charge in [0, 0.05) is 14.9 Å². The molecule has 4 heteroatoms. The summed E-state index contributed by atoms with van der Waals surface area (Å²) < 4.78 is 28.4. The molecule has 0 nitrogen and oxygen atoms in total. The van der Waals surface area contributed by atoms with E-state index in [1.807, 2.05) is 24.3 Å². The quantitative estimate of drug-likeness (QED) is 0.589. The number of rotatable bonds is 3. The molecule has 0 saturated carbocycles. The van der Waals surface area contributed by atoms with Crippen molar-refractivity contribution in [3.05, 3.63) is 69.2 Å². The summed E-state index contributed by atoms with van der Waals surface area (Å²) in [6.45, 7) is 1.56. The zero-order chi connectivity index (χ0) is 14.0. The molecule has 2 aromatic carbocycles. The first-order valence-corrected chi connectivity index (χ1v) is 7.52. The van der Waals surface area contributed by atoms with Gasteiger partial charge in [-0.05, 0) is 48.7 Å². The first kappa shape index (κ1) is 14.7. The molecular weight excluding hydrogens is 378 g/mol. The van der Waals surface area contributed by atoms with E-state index >= 15 is 0 Å². The summed E-state index contributed by atoms with van der Waals surface area (Å²) in [5.41, 5.74) is 1.74. The van der Waals surface area contributed by atoms with Crippen LogP contribution in [0.5, 0.6) is 0 Å². The Morgan fingerprint density at radius 3 is 2.32 bits per heavy atom. The molecule has 0 heterocycles. The summed E-state index contributed by atoms with van der Waals surface area (Å²) >= 11 is 6.80. The number of hydrogen-bond donors (Lipinski definition) is 0. The van der Waals surface area contributed by atoms with Gasteiger partial charge in [-0.3, -0.25) is 0 Å². The standard InChI is InChI=1S/C15H12Br2F2/c1-9-6-15(19)12(8-14(9)18)13(17)7-10-2-4-11(16)5-3-10/h2-6,8,13H,7H2,1H3. The van der Waals surface area contributed by atoms with Crippen molar-refractivity contribution in [2.75, 3.05) is 0 Å². The van der Waals surface area contributed by atoms with E-state index in [1.54, 1.807) is 6.92 Å². The molecule has 19 heavy (non-hydrogen) atoms. The fourth-order valence-corrected chi connectivity index (χ4v) is 2.83. The molecule has 0 bridgehead atoms. The topological polar surface area (TPSA) is 0 Å². The second-order valence-corrected chi connectivity index (χ2v) is 6.44. The van der Waals surface area contributed by atoms with Gasteiger partial charge in [0.2, 0.25) is 0 Å². The van der Waals surface area contributed by atoms with Gasteiger partial charge in [-0.2, -0.15) is 0 Å². The highest BCUT2D eigenvalue weighted by Crippen LogP contribution is 2.30. The molecule has 0 fully saturated rings. The van der Waals surface area contributed by atoms with Gasteiger partial charge in [-0.25, -0.2) is 8.78 Å². The van der Waals surface area contributed by atoms with E-state index in [9.17, 15) is 8.78 Å². The summed E-state index contributed by atoms with van der Waals surface area (Å²) in [4.78, 5) is -0.247. The van der Waals surface area contributed by atoms with Crippen LogP contribution in [-0.2, 0) is 6.42 Å². The first-order chi connectivity index (χ1) is 8.97. The van der Waals surface area contributed by atoms with E-state index in [4.69, 9.17) is 0 Å². The molecule has 2 aromatic rings. The molecule has 100 valence electrons. The Morgan fingerprint density at radius 2 is 1.68 bits per heavy atom. The zero-order valence-electron chi connectivity index (χ0n) is 10.3. The van der Waals surface area contributed by atoms with Crippen molar-refractivity contribution in [1.29, 1.82) is 0 Å². The molecule has 0 aliphatic heterocycles. The summed E-state index contributed by atoms with van der Waals surface area (Å²) in [5.74, 6) is -0.755. The molecular formula is C15H12Br2F2. The highest BCUT2D eigenvalue weighted by atomic mass is 79.9. The van der Waals surface area contributed by atoms with Crippen molar-refractivity contribution in [3.8, 4) is 0 Å². The van der Waals surface area contributed by atoms with E-state index < -0.39 is 0 Å². The molecule has 0 aliphatic carbocycles. The Morgan fingerprint density at radius 1 is 1.05 bits per heavy atom. The lowest BCUT2D eigenvalue weighted by molar-refractivity contribution is 0.577. The van der Waals surface area contributed by atoms with Crippen LogP contribution in [0.1, 0.15) is 21.5 Å². The Labute approximate surface area is 128 Å². The fourth-order valence-electron chi connectivity index (χ4n) is 1.84. The third-order valence-corrected chi connectivity index (χ3v) is 4.29. The van der Waals surface area contributed by atoms with Crippen molar-refractivity contribution < 1.29 is 8.78 Å². The third-order valence-electron chi connectivity index (χ3n) is 2.94. The summed E-state index contributed by atoms with van der Waals surface area (Å²) in [6.07, 6.45) is 0.604. The summed E-state index contributed by atoms with van der Waals surface area (Å²) in [7, 11) is 0. The van der Waals surface area contributed by atoms with Crippen molar-refractivity contribution in [3.63, 3.8) is 0 Å². The molecule has 0 aromatic heterocycles. The SMILES string of the molecule is Cc1cc(F)c(C(Br)Cc2ccc(Br)cc2)cc1F. The molecule has 2 rings (SSSR count). The second-order valence-electron chi connectivity index (χ2n) is 4.42. The van der Waals surface area contributed by atoms with Gasteiger partial charge < -0.3 is 0 Å². The number of alkyl halides is 1. The van der Waals surface area contributed by atoms with Crippen LogP contribution in [0.25, 0.3) is 0 Å². The fraction of sp³-hybridized carbons (Fsp3) is 0.200. The average Bonchev–Trinajstić information content (AvgIpc) is 2.36.